The van der Waals surface area contributed by atoms with Gasteiger partial charge in [-0.1, -0.05) is 18.2 Å². The first-order chi connectivity index (χ1) is 10.3. The van der Waals surface area contributed by atoms with E-state index >= 15 is 0 Å². The van der Waals surface area contributed by atoms with Crippen molar-refractivity contribution in [3.8, 4) is 11.5 Å². The van der Waals surface area contributed by atoms with Crippen LogP contribution in [-0.2, 0) is 4.74 Å². The maximum absolute atomic E-state index is 12.3. The number of hydrogen-bond donors (Lipinski definition) is 1. The van der Waals surface area contributed by atoms with Crippen molar-refractivity contribution < 1.29 is 19.4 Å². The zero-order chi connectivity index (χ0) is 16.8. The maximum Gasteiger partial charge on any atom is 0.339 e. The third-order valence-corrected chi connectivity index (χ3v) is 3.37. The molecular formula is C18H24O4. The Balaban J connectivity index is 2.84. The Morgan fingerprint density at radius 1 is 1.41 bits per heavy atom. The fourth-order valence-corrected chi connectivity index (χ4v) is 1.92. The molecule has 0 aliphatic heterocycles. The molecule has 1 unspecified atom stereocenters. The number of phenolic OH excluding ortho intramolecular Hbond substituents is 1. The summed E-state index contributed by atoms with van der Waals surface area (Å²) in [4.78, 5) is 12.3. The van der Waals surface area contributed by atoms with Crippen molar-refractivity contribution in [1.29, 1.82) is 0 Å². The molecule has 0 aromatic heterocycles. The topological polar surface area (TPSA) is 55.8 Å². The predicted molar refractivity (Wildman–Crippen MR) is 87.3 cm³/mol. The molecule has 0 bridgehead atoms. The van der Waals surface area contributed by atoms with Gasteiger partial charge >= 0.3 is 5.97 Å². The van der Waals surface area contributed by atoms with Crippen molar-refractivity contribution in [2.24, 2.45) is 0 Å². The molecular weight excluding hydrogens is 280 g/mol. The van der Waals surface area contributed by atoms with E-state index in [4.69, 9.17) is 9.47 Å². The fraction of sp³-hybridized carbons (Fsp3) is 0.389. The van der Waals surface area contributed by atoms with E-state index in [0.717, 1.165) is 6.42 Å². The SMILES string of the molecule is C=CC(C)(CCC=C(C)C)OC(=O)c1ccc(O)c(OC)c1. The lowest BCUT2D eigenvalue weighted by Gasteiger charge is -2.25. The first-order valence-electron chi connectivity index (χ1n) is 7.18. The Kier molecular flexibility index (Phi) is 6.23. The van der Waals surface area contributed by atoms with Gasteiger partial charge < -0.3 is 14.6 Å². The number of methoxy groups -OCH3 is 1. The molecule has 4 heteroatoms. The van der Waals surface area contributed by atoms with Crippen molar-refractivity contribution in [2.75, 3.05) is 7.11 Å². The number of carbonyl (C=O) groups excluding carboxylic acids is 1. The van der Waals surface area contributed by atoms with Gasteiger partial charge in [0.15, 0.2) is 11.5 Å². The molecule has 1 rings (SSSR count). The molecule has 0 heterocycles. The second kappa shape index (κ2) is 7.69. The highest BCUT2D eigenvalue weighted by atomic mass is 16.6. The van der Waals surface area contributed by atoms with Crippen molar-refractivity contribution in [3.63, 3.8) is 0 Å². The van der Waals surface area contributed by atoms with Gasteiger partial charge in [-0.3, -0.25) is 0 Å². The van der Waals surface area contributed by atoms with Crippen LogP contribution in [0.1, 0.15) is 44.0 Å². The molecule has 0 saturated heterocycles. The van der Waals surface area contributed by atoms with Crippen LogP contribution in [0.5, 0.6) is 11.5 Å². The van der Waals surface area contributed by atoms with E-state index in [1.165, 1.54) is 30.9 Å². The van der Waals surface area contributed by atoms with Crippen molar-refractivity contribution in [1.82, 2.24) is 0 Å². The highest BCUT2D eigenvalue weighted by molar-refractivity contribution is 5.90. The Labute approximate surface area is 132 Å². The number of carbonyl (C=O) groups is 1. The van der Waals surface area contributed by atoms with E-state index in [1.54, 1.807) is 6.08 Å². The number of ether oxygens (including phenoxy) is 2. The van der Waals surface area contributed by atoms with Crippen LogP contribution in [0.2, 0.25) is 0 Å². The largest absolute Gasteiger partial charge is 0.504 e. The minimum atomic E-state index is -0.742. The van der Waals surface area contributed by atoms with E-state index in [1.807, 2.05) is 20.8 Å². The molecule has 0 spiro atoms. The van der Waals surface area contributed by atoms with Crippen LogP contribution in [0.15, 0.2) is 42.5 Å². The molecule has 1 N–H and O–H groups in total. The van der Waals surface area contributed by atoms with E-state index < -0.39 is 11.6 Å². The molecule has 0 radical (unpaired) electrons. The monoisotopic (exact) mass is 304 g/mol. The Hall–Kier alpha value is -2.23. The highest BCUT2D eigenvalue weighted by Crippen LogP contribution is 2.28. The van der Waals surface area contributed by atoms with Crippen LogP contribution in [-0.4, -0.2) is 23.8 Å². The molecule has 22 heavy (non-hydrogen) atoms. The van der Waals surface area contributed by atoms with E-state index in [0.29, 0.717) is 12.0 Å². The lowest BCUT2D eigenvalue weighted by molar-refractivity contribution is 0.00831. The van der Waals surface area contributed by atoms with E-state index in [9.17, 15) is 9.90 Å². The van der Waals surface area contributed by atoms with Crippen LogP contribution in [0, 0.1) is 0 Å². The molecule has 0 aliphatic rings. The summed E-state index contributed by atoms with van der Waals surface area (Å²) < 4.78 is 10.6. The number of allylic oxidation sites excluding steroid dienone is 2. The third-order valence-electron chi connectivity index (χ3n) is 3.37. The van der Waals surface area contributed by atoms with Crippen molar-refractivity contribution >= 4 is 5.97 Å². The quantitative estimate of drug-likeness (QED) is 0.604. The lowest BCUT2D eigenvalue weighted by Crippen LogP contribution is -2.29. The second-order valence-corrected chi connectivity index (χ2v) is 5.61. The minimum Gasteiger partial charge on any atom is -0.504 e. The number of rotatable bonds is 7. The summed E-state index contributed by atoms with van der Waals surface area (Å²) in [6, 6.07) is 4.36. The fourth-order valence-electron chi connectivity index (χ4n) is 1.92. The van der Waals surface area contributed by atoms with Gasteiger partial charge in [-0.15, -0.1) is 0 Å². The van der Waals surface area contributed by atoms with Gasteiger partial charge in [0.2, 0.25) is 0 Å². The summed E-state index contributed by atoms with van der Waals surface area (Å²) in [5.74, 6) is -0.258. The smallest absolute Gasteiger partial charge is 0.339 e. The zero-order valence-corrected chi connectivity index (χ0v) is 13.7. The van der Waals surface area contributed by atoms with Gasteiger partial charge in [-0.05, 0) is 57.9 Å². The molecule has 0 amide bonds. The molecule has 1 atom stereocenters. The van der Waals surface area contributed by atoms with E-state index in [-0.39, 0.29) is 11.5 Å². The number of aromatic hydroxyl groups is 1. The van der Waals surface area contributed by atoms with Gasteiger partial charge in [0.1, 0.15) is 5.60 Å². The predicted octanol–water partition coefficient (Wildman–Crippen LogP) is 4.25. The van der Waals surface area contributed by atoms with Gasteiger partial charge in [0.25, 0.3) is 0 Å². The molecule has 4 nitrogen and oxygen atoms in total. The summed E-state index contributed by atoms with van der Waals surface area (Å²) in [7, 11) is 1.43. The van der Waals surface area contributed by atoms with Gasteiger partial charge in [0.05, 0.1) is 12.7 Å². The van der Waals surface area contributed by atoms with Crippen LogP contribution in [0.3, 0.4) is 0 Å². The first kappa shape index (κ1) is 17.8. The van der Waals surface area contributed by atoms with Crippen molar-refractivity contribution in [3.05, 3.63) is 48.1 Å². The molecule has 0 fully saturated rings. The second-order valence-electron chi connectivity index (χ2n) is 5.61. The molecule has 0 saturated carbocycles. The van der Waals surface area contributed by atoms with Gasteiger partial charge in [0, 0.05) is 0 Å². The minimum absolute atomic E-state index is 0.0194. The van der Waals surface area contributed by atoms with Crippen LogP contribution < -0.4 is 4.74 Å². The zero-order valence-electron chi connectivity index (χ0n) is 13.7. The molecule has 1 aromatic rings. The highest BCUT2D eigenvalue weighted by Gasteiger charge is 2.25. The Bertz CT molecular complexity index is 570. The number of benzene rings is 1. The molecule has 1 aromatic carbocycles. The number of esters is 1. The number of hydrogen-bond acceptors (Lipinski definition) is 4. The average molecular weight is 304 g/mol. The Morgan fingerprint density at radius 2 is 2.09 bits per heavy atom. The average Bonchev–Trinajstić information content (AvgIpc) is 2.47. The summed E-state index contributed by atoms with van der Waals surface area (Å²) in [6.07, 6.45) is 5.19. The lowest BCUT2D eigenvalue weighted by atomic mass is 9.99. The van der Waals surface area contributed by atoms with Crippen LogP contribution in [0.4, 0.5) is 0 Å². The summed E-state index contributed by atoms with van der Waals surface area (Å²) in [6.45, 7) is 9.65. The van der Waals surface area contributed by atoms with Crippen molar-refractivity contribution in [2.45, 2.75) is 39.2 Å². The maximum atomic E-state index is 12.3. The summed E-state index contributed by atoms with van der Waals surface area (Å²) in [5.41, 5.74) is 0.805. The van der Waals surface area contributed by atoms with E-state index in [2.05, 4.69) is 12.7 Å². The van der Waals surface area contributed by atoms with Gasteiger partial charge in [-0.2, -0.15) is 0 Å². The Morgan fingerprint density at radius 3 is 2.64 bits per heavy atom. The van der Waals surface area contributed by atoms with Gasteiger partial charge in [-0.25, -0.2) is 4.79 Å². The normalized spacial score (nSPS) is 12.9. The number of phenols is 1. The summed E-state index contributed by atoms with van der Waals surface area (Å²) >= 11 is 0. The first-order valence-corrected chi connectivity index (χ1v) is 7.18. The van der Waals surface area contributed by atoms with Crippen LogP contribution in [0.25, 0.3) is 0 Å². The summed E-state index contributed by atoms with van der Waals surface area (Å²) in [5, 5.41) is 9.56. The molecule has 120 valence electrons. The standard InChI is InChI=1S/C18H24O4/c1-6-18(4,11-7-8-13(2)3)22-17(20)14-9-10-15(19)16(12-14)21-5/h6,8-10,12,19H,1,7,11H2,2-5H3. The molecule has 0 aliphatic carbocycles. The third kappa shape index (κ3) is 4.95. The van der Waals surface area contributed by atoms with Crippen LogP contribution >= 0.6 is 0 Å².